The number of nitrogens with one attached hydrogen (secondary N) is 1. The van der Waals surface area contributed by atoms with E-state index in [4.69, 9.17) is 15.9 Å². The summed E-state index contributed by atoms with van der Waals surface area (Å²) in [5.41, 5.74) is 1.95. The van der Waals surface area contributed by atoms with Gasteiger partial charge in [-0.1, -0.05) is 24.1 Å². The van der Waals surface area contributed by atoms with Crippen molar-refractivity contribution in [2.45, 2.75) is 6.54 Å². The number of hydrogen-bond acceptors (Lipinski definition) is 4. The molecule has 0 unspecified atom stereocenters. The van der Waals surface area contributed by atoms with Crippen molar-refractivity contribution < 1.29 is 9.47 Å². The molecule has 1 N–H and O–H groups in total. The zero-order chi connectivity index (χ0) is 14.2. The molecular weight excluding hydrogens is 252 g/mol. The normalized spacial score (nSPS) is 9.60. The molecule has 0 saturated heterocycles. The zero-order valence-corrected chi connectivity index (χ0v) is 11.3. The first-order valence-corrected chi connectivity index (χ1v) is 6.21. The SMILES string of the molecule is C#CCOc1ccccc1CNc1ccc(OC)nc1. The van der Waals surface area contributed by atoms with E-state index >= 15 is 0 Å². The molecule has 0 fully saturated rings. The number of terminal acetylenes is 1. The first-order valence-electron chi connectivity index (χ1n) is 6.21. The topological polar surface area (TPSA) is 43.4 Å². The third kappa shape index (κ3) is 3.66. The van der Waals surface area contributed by atoms with Crippen molar-refractivity contribution >= 4 is 5.69 Å². The zero-order valence-electron chi connectivity index (χ0n) is 11.3. The molecular formula is C16H16N2O2. The van der Waals surface area contributed by atoms with E-state index in [1.165, 1.54) is 0 Å². The number of hydrogen-bond donors (Lipinski definition) is 1. The Hall–Kier alpha value is -2.67. The molecule has 1 aromatic carbocycles. The minimum atomic E-state index is 0.265. The van der Waals surface area contributed by atoms with Crippen LogP contribution in [0.2, 0.25) is 0 Å². The maximum atomic E-state index is 5.50. The Bertz CT molecular complexity index is 588. The largest absolute Gasteiger partial charge is 0.481 e. The summed E-state index contributed by atoms with van der Waals surface area (Å²) in [6.07, 6.45) is 6.93. The first-order chi connectivity index (χ1) is 9.83. The Morgan fingerprint density at radius 2 is 2.10 bits per heavy atom. The Labute approximate surface area is 118 Å². The molecule has 2 rings (SSSR count). The second kappa shape index (κ2) is 7.05. The van der Waals surface area contributed by atoms with E-state index in [-0.39, 0.29) is 6.61 Å². The van der Waals surface area contributed by atoms with Crippen LogP contribution in [0, 0.1) is 12.3 Å². The third-order valence-electron chi connectivity index (χ3n) is 2.71. The molecule has 0 amide bonds. The maximum absolute atomic E-state index is 5.50. The smallest absolute Gasteiger partial charge is 0.213 e. The van der Waals surface area contributed by atoms with E-state index < -0.39 is 0 Å². The number of methoxy groups -OCH3 is 1. The van der Waals surface area contributed by atoms with Gasteiger partial charge in [0.2, 0.25) is 5.88 Å². The number of benzene rings is 1. The number of anilines is 1. The van der Waals surface area contributed by atoms with Crippen LogP contribution in [0.4, 0.5) is 5.69 Å². The lowest BCUT2D eigenvalue weighted by Crippen LogP contribution is -2.03. The Morgan fingerprint density at radius 1 is 1.25 bits per heavy atom. The van der Waals surface area contributed by atoms with Crippen LogP contribution in [0.1, 0.15) is 5.56 Å². The van der Waals surface area contributed by atoms with Gasteiger partial charge in [0.1, 0.15) is 12.4 Å². The summed E-state index contributed by atoms with van der Waals surface area (Å²) in [4.78, 5) is 4.14. The highest BCUT2D eigenvalue weighted by Crippen LogP contribution is 2.19. The summed E-state index contributed by atoms with van der Waals surface area (Å²) in [6, 6.07) is 11.5. The third-order valence-corrected chi connectivity index (χ3v) is 2.71. The molecule has 2 aromatic rings. The summed E-state index contributed by atoms with van der Waals surface area (Å²) in [6.45, 7) is 0.899. The molecule has 102 valence electrons. The molecule has 0 radical (unpaired) electrons. The van der Waals surface area contributed by atoms with Crippen molar-refractivity contribution in [1.82, 2.24) is 4.98 Å². The monoisotopic (exact) mass is 268 g/mol. The van der Waals surface area contributed by atoms with Crippen molar-refractivity contribution in [2.75, 3.05) is 19.0 Å². The van der Waals surface area contributed by atoms with Crippen molar-refractivity contribution in [2.24, 2.45) is 0 Å². The fourth-order valence-corrected chi connectivity index (χ4v) is 1.71. The van der Waals surface area contributed by atoms with Gasteiger partial charge in [0.15, 0.2) is 0 Å². The Morgan fingerprint density at radius 3 is 2.80 bits per heavy atom. The van der Waals surface area contributed by atoms with Crippen LogP contribution in [0.3, 0.4) is 0 Å². The lowest BCUT2D eigenvalue weighted by atomic mass is 10.2. The molecule has 4 heteroatoms. The fraction of sp³-hybridized carbons (Fsp3) is 0.188. The number of ether oxygens (including phenoxy) is 2. The highest BCUT2D eigenvalue weighted by atomic mass is 16.5. The summed E-state index contributed by atoms with van der Waals surface area (Å²) >= 11 is 0. The van der Waals surface area contributed by atoms with E-state index in [0.29, 0.717) is 12.4 Å². The van der Waals surface area contributed by atoms with Gasteiger partial charge < -0.3 is 14.8 Å². The minimum absolute atomic E-state index is 0.265. The molecule has 0 atom stereocenters. The highest BCUT2D eigenvalue weighted by molar-refractivity contribution is 5.44. The molecule has 0 aliphatic heterocycles. The second-order valence-electron chi connectivity index (χ2n) is 4.04. The van der Waals surface area contributed by atoms with E-state index in [0.717, 1.165) is 17.0 Å². The van der Waals surface area contributed by atoms with Crippen LogP contribution in [0.15, 0.2) is 42.6 Å². The predicted molar refractivity (Wildman–Crippen MR) is 78.9 cm³/mol. The van der Waals surface area contributed by atoms with E-state index in [2.05, 4.69) is 16.2 Å². The highest BCUT2D eigenvalue weighted by Gasteiger charge is 2.02. The number of aromatic nitrogens is 1. The quantitative estimate of drug-likeness (QED) is 0.818. The van der Waals surface area contributed by atoms with Crippen molar-refractivity contribution in [3.63, 3.8) is 0 Å². The molecule has 0 saturated carbocycles. The number of rotatable bonds is 6. The summed E-state index contributed by atoms with van der Waals surface area (Å²) in [7, 11) is 1.59. The van der Waals surface area contributed by atoms with Gasteiger partial charge in [-0.2, -0.15) is 0 Å². The molecule has 1 heterocycles. The molecule has 20 heavy (non-hydrogen) atoms. The maximum Gasteiger partial charge on any atom is 0.213 e. The lowest BCUT2D eigenvalue weighted by molar-refractivity contribution is 0.366. The molecule has 0 bridgehead atoms. The predicted octanol–water partition coefficient (Wildman–Crippen LogP) is 2.71. The average molecular weight is 268 g/mol. The molecule has 0 spiro atoms. The summed E-state index contributed by atoms with van der Waals surface area (Å²) < 4.78 is 10.5. The first kappa shape index (κ1) is 13.8. The van der Waals surface area contributed by atoms with Crippen LogP contribution in [0.5, 0.6) is 11.6 Å². The van der Waals surface area contributed by atoms with Crippen molar-refractivity contribution in [1.29, 1.82) is 0 Å². The summed E-state index contributed by atoms with van der Waals surface area (Å²) in [5, 5.41) is 3.28. The van der Waals surface area contributed by atoms with Crippen LogP contribution < -0.4 is 14.8 Å². The van der Waals surface area contributed by atoms with Gasteiger partial charge in [-0.3, -0.25) is 0 Å². The Balaban J connectivity index is 2.01. The molecule has 0 aliphatic carbocycles. The van der Waals surface area contributed by atoms with E-state index in [9.17, 15) is 0 Å². The standard InChI is InChI=1S/C16H16N2O2/c1-3-10-20-15-7-5-4-6-13(15)11-17-14-8-9-16(19-2)18-12-14/h1,4-9,12,17H,10-11H2,2H3. The van der Waals surface area contributed by atoms with Gasteiger partial charge in [0.05, 0.1) is 19.0 Å². The van der Waals surface area contributed by atoms with Crippen LogP contribution in [-0.4, -0.2) is 18.7 Å². The second-order valence-corrected chi connectivity index (χ2v) is 4.04. The van der Waals surface area contributed by atoms with Crippen LogP contribution >= 0.6 is 0 Å². The van der Waals surface area contributed by atoms with Gasteiger partial charge >= 0.3 is 0 Å². The Kier molecular flexibility index (Phi) is 4.85. The molecule has 4 nitrogen and oxygen atoms in total. The summed E-state index contributed by atoms with van der Waals surface area (Å²) in [5.74, 6) is 3.85. The van der Waals surface area contributed by atoms with Gasteiger partial charge in [0.25, 0.3) is 0 Å². The minimum Gasteiger partial charge on any atom is -0.481 e. The number of pyridine rings is 1. The number of para-hydroxylation sites is 1. The molecule has 1 aromatic heterocycles. The average Bonchev–Trinajstić information content (AvgIpc) is 2.52. The van der Waals surface area contributed by atoms with Gasteiger partial charge in [0, 0.05) is 18.2 Å². The fourth-order valence-electron chi connectivity index (χ4n) is 1.71. The van der Waals surface area contributed by atoms with Crippen LogP contribution in [0.25, 0.3) is 0 Å². The van der Waals surface area contributed by atoms with E-state index in [1.54, 1.807) is 13.3 Å². The van der Waals surface area contributed by atoms with Crippen molar-refractivity contribution in [3.05, 3.63) is 48.2 Å². The van der Waals surface area contributed by atoms with Gasteiger partial charge in [-0.25, -0.2) is 4.98 Å². The lowest BCUT2D eigenvalue weighted by Gasteiger charge is -2.11. The van der Waals surface area contributed by atoms with Gasteiger partial charge in [-0.05, 0) is 12.1 Å². The van der Waals surface area contributed by atoms with Crippen molar-refractivity contribution in [3.8, 4) is 24.0 Å². The molecule has 0 aliphatic rings. The van der Waals surface area contributed by atoms with Crippen LogP contribution in [-0.2, 0) is 6.54 Å². The van der Waals surface area contributed by atoms with Gasteiger partial charge in [-0.15, -0.1) is 6.42 Å². The van der Waals surface area contributed by atoms with E-state index in [1.807, 2.05) is 36.4 Å². The number of nitrogens with zero attached hydrogens (tertiary/aromatic N) is 1.